The first-order valence-electron chi connectivity index (χ1n) is 12.3. The summed E-state index contributed by atoms with van der Waals surface area (Å²) < 4.78 is 0. The third kappa shape index (κ3) is 6.15. The van der Waals surface area contributed by atoms with Crippen LogP contribution < -0.4 is 5.32 Å². The van der Waals surface area contributed by atoms with Crippen LogP contribution in [-0.4, -0.2) is 55.0 Å². The summed E-state index contributed by atoms with van der Waals surface area (Å²) in [5.41, 5.74) is 3.34. The predicted molar refractivity (Wildman–Crippen MR) is 141 cm³/mol. The lowest BCUT2D eigenvalue weighted by Gasteiger charge is -2.33. The minimum Gasteiger partial charge on any atom is -0.315 e. The molecule has 0 spiro atoms. The highest BCUT2D eigenvalue weighted by atomic mass is 32.1. The van der Waals surface area contributed by atoms with Crippen LogP contribution in [0, 0.1) is 22.7 Å². The molecule has 6 heteroatoms. The summed E-state index contributed by atoms with van der Waals surface area (Å²) in [6, 6.07) is 12.7. The van der Waals surface area contributed by atoms with Crippen LogP contribution in [0.3, 0.4) is 0 Å². The lowest BCUT2D eigenvalue weighted by Crippen LogP contribution is -2.48. The van der Waals surface area contributed by atoms with Crippen molar-refractivity contribution in [1.82, 2.24) is 9.80 Å². The Labute approximate surface area is 208 Å². The number of rotatable bonds is 6. The molecule has 180 valence electrons. The quantitative estimate of drug-likeness (QED) is 0.635. The highest BCUT2D eigenvalue weighted by molar-refractivity contribution is 7.16. The van der Waals surface area contributed by atoms with E-state index in [4.69, 9.17) is 0 Å². The van der Waals surface area contributed by atoms with Gasteiger partial charge in [0.05, 0.1) is 12.1 Å². The highest BCUT2D eigenvalue weighted by Gasteiger charge is 2.32. The Hall–Kier alpha value is -2.46. The van der Waals surface area contributed by atoms with Crippen LogP contribution in [0.4, 0.5) is 5.00 Å². The van der Waals surface area contributed by atoms with Gasteiger partial charge in [0.2, 0.25) is 5.91 Å². The Morgan fingerprint density at radius 1 is 1.18 bits per heavy atom. The topological polar surface area (TPSA) is 59.4 Å². The van der Waals surface area contributed by atoms with Crippen molar-refractivity contribution in [1.29, 1.82) is 5.26 Å². The number of hydrogen-bond donors (Lipinski definition) is 1. The van der Waals surface area contributed by atoms with Crippen molar-refractivity contribution >= 4 is 28.3 Å². The molecular weight excluding hydrogens is 440 g/mol. The minimum absolute atomic E-state index is 0.0140. The monoisotopic (exact) mass is 476 g/mol. The van der Waals surface area contributed by atoms with Gasteiger partial charge in [0, 0.05) is 37.6 Å². The summed E-state index contributed by atoms with van der Waals surface area (Å²) >= 11 is 1.62. The Kier molecular flexibility index (Phi) is 7.88. The van der Waals surface area contributed by atoms with Crippen LogP contribution in [0.2, 0.25) is 0 Å². The average Bonchev–Trinajstić information content (AvgIpc) is 3.16. The SMILES string of the molecule is CC(C)(C)C1CCc2c(sc(NC(=O)CN3CCN(C/C=C/c4ccccc4)CC3)c2C#N)C1. The molecule has 1 aromatic carbocycles. The van der Waals surface area contributed by atoms with Gasteiger partial charge in [-0.1, -0.05) is 63.3 Å². The molecule has 1 unspecified atom stereocenters. The number of piperazine rings is 1. The summed E-state index contributed by atoms with van der Waals surface area (Å²) in [6.07, 6.45) is 7.43. The Balaban J connectivity index is 1.27. The van der Waals surface area contributed by atoms with Gasteiger partial charge in [-0.25, -0.2) is 0 Å². The highest BCUT2D eigenvalue weighted by Crippen LogP contribution is 2.43. The van der Waals surface area contributed by atoms with Crippen molar-refractivity contribution in [2.24, 2.45) is 11.3 Å². The van der Waals surface area contributed by atoms with Crippen molar-refractivity contribution in [2.75, 3.05) is 44.6 Å². The second-order valence-electron chi connectivity index (χ2n) is 10.6. The molecule has 1 aromatic heterocycles. The molecule has 0 bridgehead atoms. The molecule has 2 aliphatic rings. The first-order valence-corrected chi connectivity index (χ1v) is 13.2. The second-order valence-corrected chi connectivity index (χ2v) is 11.7. The lowest BCUT2D eigenvalue weighted by molar-refractivity contribution is -0.117. The Morgan fingerprint density at radius 2 is 1.88 bits per heavy atom. The van der Waals surface area contributed by atoms with E-state index < -0.39 is 0 Å². The van der Waals surface area contributed by atoms with Gasteiger partial charge in [-0.05, 0) is 41.7 Å². The number of nitrogens with zero attached hydrogens (tertiary/aromatic N) is 3. The molecule has 1 fully saturated rings. The van der Waals surface area contributed by atoms with Crippen LogP contribution in [-0.2, 0) is 17.6 Å². The number of nitrogens with one attached hydrogen (secondary N) is 1. The van der Waals surface area contributed by atoms with Crippen LogP contribution >= 0.6 is 11.3 Å². The summed E-state index contributed by atoms with van der Waals surface area (Å²) in [4.78, 5) is 18.7. The summed E-state index contributed by atoms with van der Waals surface area (Å²) in [5.74, 6) is 0.604. The maximum absolute atomic E-state index is 12.8. The van der Waals surface area contributed by atoms with Gasteiger partial charge in [0.1, 0.15) is 11.1 Å². The van der Waals surface area contributed by atoms with Crippen LogP contribution in [0.15, 0.2) is 36.4 Å². The molecule has 2 aromatic rings. The van der Waals surface area contributed by atoms with E-state index in [2.05, 4.69) is 78.4 Å². The number of anilines is 1. The Morgan fingerprint density at radius 3 is 2.56 bits per heavy atom. The molecule has 1 N–H and O–H groups in total. The molecule has 0 saturated carbocycles. The third-order valence-corrected chi connectivity index (χ3v) is 8.33. The fourth-order valence-corrected chi connectivity index (χ4v) is 6.23. The molecule has 1 aliphatic heterocycles. The number of nitriles is 1. The number of amides is 1. The average molecular weight is 477 g/mol. The van der Waals surface area contributed by atoms with E-state index in [1.54, 1.807) is 11.3 Å². The van der Waals surface area contributed by atoms with E-state index >= 15 is 0 Å². The molecule has 1 atom stereocenters. The minimum atomic E-state index is -0.0140. The zero-order valence-corrected chi connectivity index (χ0v) is 21.5. The number of hydrogen-bond acceptors (Lipinski definition) is 5. The summed E-state index contributed by atoms with van der Waals surface area (Å²) in [7, 11) is 0. The maximum Gasteiger partial charge on any atom is 0.239 e. The molecule has 5 nitrogen and oxygen atoms in total. The summed E-state index contributed by atoms with van der Waals surface area (Å²) in [6.45, 7) is 11.9. The Bertz CT molecular complexity index is 1050. The standard InChI is InChI=1S/C28H36N4OS/c1-28(2,3)22-11-12-23-24(19-29)27(34-25(23)18-22)30-26(33)20-32-16-14-31(15-17-32)13-7-10-21-8-5-4-6-9-21/h4-10,22H,11-18,20H2,1-3H3,(H,30,33)/b10-7+. The van der Waals surface area contributed by atoms with Crippen molar-refractivity contribution in [3.8, 4) is 6.07 Å². The van der Waals surface area contributed by atoms with E-state index in [0.717, 1.165) is 57.0 Å². The number of fused-ring (bicyclic) bond motifs is 1. The molecule has 4 rings (SSSR count). The van der Waals surface area contributed by atoms with Gasteiger partial charge in [0.25, 0.3) is 0 Å². The van der Waals surface area contributed by atoms with Crippen molar-refractivity contribution in [3.05, 3.63) is 58.0 Å². The number of benzene rings is 1. The van der Waals surface area contributed by atoms with Gasteiger partial charge in [0.15, 0.2) is 0 Å². The van der Waals surface area contributed by atoms with Crippen LogP contribution in [0.5, 0.6) is 0 Å². The van der Waals surface area contributed by atoms with Crippen LogP contribution in [0.25, 0.3) is 6.08 Å². The molecule has 34 heavy (non-hydrogen) atoms. The first kappa shape index (κ1) is 24.7. The van der Waals surface area contributed by atoms with Crippen molar-refractivity contribution in [3.63, 3.8) is 0 Å². The third-order valence-electron chi connectivity index (χ3n) is 7.16. The molecule has 0 radical (unpaired) electrons. The van der Waals surface area contributed by atoms with Gasteiger partial charge in [-0.15, -0.1) is 11.3 Å². The number of thiophene rings is 1. The first-order chi connectivity index (χ1) is 16.3. The van der Waals surface area contributed by atoms with E-state index in [9.17, 15) is 10.1 Å². The van der Waals surface area contributed by atoms with E-state index in [0.29, 0.717) is 18.0 Å². The van der Waals surface area contributed by atoms with Gasteiger partial charge in [-0.3, -0.25) is 14.6 Å². The zero-order chi connectivity index (χ0) is 24.1. The maximum atomic E-state index is 12.8. The molecule has 2 heterocycles. The molecule has 1 saturated heterocycles. The molecule has 1 aliphatic carbocycles. The molecular formula is C28H36N4OS. The van der Waals surface area contributed by atoms with Crippen LogP contribution in [0.1, 0.15) is 48.8 Å². The van der Waals surface area contributed by atoms with Gasteiger partial charge < -0.3 is 5.32 Å². The van der Waals surface area contributed by atoms with Crippen molar-refractivity contribution in [2.45, 2.75) is 40.0 Å². The summed E-state index contributed by atoms with van der Waals surface area (Å²) in [5, 5.41) is 13.6. The number of carbonyl (C=O) groups is 1. The largest absolute Gasteiger partial charge is 0.315 e. The zero-order valence-electron chi connectivity index (χ0n) is 20.6. The van der Waals surface area contributed by atoms with E-state index in [1.807, 2.05) is 6.07 Å². The van der Waals surface area contributed by atoms with Gasteiger partial charge in [-0.2, -0.15) is 5.26 Å². The fraction of sp³-hybridized carbons (Fsp3) is 0.500. The smallest absolute Gasteiger partial charge is 0.239 e. The predicted octanol–water partition coefficient (Wildman–Crippen LogP) is 5.04. The van der Waals surface area contributed by atoms with Gasteiger partial charge >= 0.3 is 0 Å². The van der Waals surface area contributed by atoms with Crippen molar-refractivity contribution < 1.29 is 4.79 Å². The van der Waals surface area contributed by atoms with E-state index in [1.165, 1.54) is 16.0 Å². The lowest BCUT2D eigenvalue weighted by atomic mass is 9.72. The number of carbonyl (C=O) groups excluding carboxylic acids is 1. The molecule has 1 amide bonds. The van der Waals surface area contributed by atoms with E-state index in [-0.39, 0.29) is 11.3 Å². The second kappa shape index (κ2) is 10.9. The fourth-order valence-electron chi connectivity index (χ4n) is 4.93. The normalized spacial score (nSPS) is 19.6.